The van der Waals surface area contributed by atoms with Gasteiger partial charge < -0.3 is 4.74 Å². The summed E-state index contributed by atoms with van der Waals surface area (Å²) in [5, 5.41) is 0. The maximum absolute atomic E-state index is 12.1. The van der Waals surface area contributed by atoms with Gasteiger partial charge in [0.25, 0.3) is 0 Å². The Kier molecular flexibility index (Phi) is 2.61. The van der Waals surface area contributed by atoms with Gasteiger partial charge in [0.05, 0.1) is 12.5 Å². The molecule has 4 atom stereocenters. The van der Waals surface area contributed by atoms with Gasteiger partial charge in [-0.05, 0) is 42.9 Å². The lowest BCUT2D eigenvalue weighted by Crippen LogP contribution is -2.31. The number of carbonyl (C=O) groups excluding carboxylic acids is 2. The number of carbonyl (C=O) groups is 2. The van der Waals surface area contributed by atoms with Crippen LogP contribution in [-0.2, 0) is 14.3 Å². The molecule has 0 aliphatic heterocycles. The van der Waals surface area contributed by atoms with Crippen LogP contribution in [-0.4, -0.2) is 42.9 Å². The fourth-order valence-electron chi connectivity index (χ4n) is 3.94. The third kappa shape index (κ3) is 1.64. The van der Waals surface area contributed by atoms with Crippen LogP contribution in [0.4, 0.5) is 0 Å². The van der Waals surface area contributed by atoms with Gasteiger partial charge in [-0.2, -0.15) is 0 Å². The van der Waals surface area contributed by atoms with Crippen molar-refractivity contribution >= 4 is 21.8 Å². The van der Waals surface area contributed by atoms with Gasteiger partial charge >= 0.3 is 5.97 Å². The molecular formula is C14H22O3S. The highest BCUT2D eigenvalue weighted by Gasteiger charge is 2.81. The van der Waals surface area contributed by atoms with E-state index in [4.69, 9.17) is 4.74 Å². The Morgan fingerprint density at radius 1 is 1.44 bits per heavy atom. The summed E-state index contributed by atoms with van der Waals surface area (Å²) in [5.74, 6) is 1.64. The fourth-order valence-corrected chi connectivity index (χ4v) is 4.53. The molecule has 0 bridgehead atoms. The average Bonchev–Trinajstić information content (AvgIpc) is 2.89. The number of hydrogen-bond donors (Lipinski definition) is 0. The van der Waals surface area contributed by atoms with Gasteiger partial charge in [-0.25, -0.2) is 10.0 Å². The largest absolute Gasteiger partial charge is 0.465 e. The normalized spacial score (nSPS) is 41.7. The van der Waals surface area contributed by atoms with E-state index < -0.39 is 10.0 Å². The Balaban J connectivity index is 1.55. The van der Waals surface area contributed by atoms with Crippen LogP contribution in [0.5, 0.6) is 0 Å². The van der Waals surface area contributed by atoms with E-state index in [1.54, 1.807) is 0 Å². The van der Waals surface area contributed by atoms with Crippen molar-refractivity contribution in [3.63, 3.8) is 0 Å². The molecule has 0 radical (unpaired) electrons. The minimum Gasteiger partial charge on any atom is -0.465 e. The van der Waals surface area contributed by atoms with Gasteiger partial charge in [-0.3, -0.25) is 9.59 Å². The Labute approximate surface area is 110 Å². The molecule has 0 aromatic heterocycles. The number of ketones is 1. The van der Waals surface area contributed by atoms with E-state index in [1.807, 2.05) is 0 Å². The van der Waals surface area contributed by atoms with Gasteiger partial charge in [0.1, 0.15) is 5.78 Å². The summed E-state index contributed by atoms with van der Waals surface area (Å²) >= 11 is 0. The second kappa shape index (κ2) is 3.75. The summed E-state index contributed by atoms with van der Waals surface area (Å²) in [4.78, 5) is 23.9. The van der Waals surface area contributed by atoms with Crippen molar-refractivity contribution in [2.45, 2.75) is 19.3 Å². The minimum absolute atomic E-state index is 0.0331. The van der Waals surface area contributed by atoms with E-state index >= 15 is 0 Å². The highest BCUT2D eigenvalue weighted by molar-refractivity contribution is 8.32. The third-order valence-corrected chi connectivity index (χ3v) is 6.45. The Bertz CT molecular complexity index is 412. The van der Waals surface area contributed by atoms with Gasteiger partial charge in [0.15, 0.2) is 0 Å². The van der Waals surface area contributed by atoms with E-state index in [2.05, 4.69) is 18.8 Å². The van der Waals surface area contributed by atoms with Crippen LogP contribution in [0.2, 0.25) is 0 Å². The molecule has 3 nitrogen and oxygen atoms in total. The second-order valence-corrected chi connectivity index (χ2v) is 11.5. The highest BCUT2D eigenvalue weighted by Crippen LogP contribution is 2.78. The molecule has 18 heavy (non-hydrogen) atoms. The summed E-state index contributed by atoms with van der Waals surface area (Å²) in [6.07, 6.45) is 9.59. The zero-order valence-corrected chi connectivity index (χ0v) is 12.2. The van der Waals surface area contributed by atoms with Crippen molar-refractivity contribution < 1.29 is 14.3 Å². The lowest BCUT2D eigenvalue weighted by atomic mass is 9.69. The van der Waals surface area contributed by atoms with Crippen molar-refractivity contribution in [2.75, 3.05) is 31.1 Å². The van der Waals surface area contributed by atoms with Gasteiger partial charge in [-0.15, -0.1) is 0 Å². The molecule has 3 aliphatic rings. The summed E-state index contributed by atoms with van der Waals surface area (Å²) < 4.78 is 5.40. The lowest BCUT2D eigenvalue weighted by Gasteiger charge is -2.34. The van der Waals surface area contributed by atoms with Crippen molar-refractivity contribution in [1.82, 2.24) is 0 Å². The molecule has 102 valence electrons. The van der Waals surface area contributed by atoms with E-state index in [9.17, 15) is 9.59 Å². The number of ether oxygens (including phenoxy) is 1. The Morgan fingerprint density at radius 2 is 2.17 bits per heavy atom. The van der Waals surface area contributed by atoms with Gasteiger partial charge in [0.2, 0.25) is 0 Å². The number of esters is 1. The Morgan fingerprint density at radius 3 is 2.67 bits per heavy atom. The van der Waals surface area contributed by atoms with Crippen LogP contribution >= 0.6 is 10.0 Å². The maximum atomic E-state index is 12.1. The van der Waals surface area contributed by atoms with Crippen molar-refractivity contribution in [3.8, 4) is 0 Å². The van der Waals surface area contributed by atoms with Crippen molar-refractivity contribution in [1.29, 1.82) is 0 Å². The summed E-state index contributed by atoms with van der Waals surface area (Å²) in [6, 6.07) is 0. The fraction of sp³-hybridized carbons (Fsp3) is 0.857. The first-order chi connectivity index (χ1) is 8.36. The predicted molar refractivity (Wildman–Crippen MR) is 73.0 cm³/mol. The maximum Gasteiger partial charge on any atom is 0.310 e. The molecule has 0 aromatic rings. The molecule has 0 saturated heterocycles. The third-order valence-electron chi connectivity index (χ3n) is 5.06. The highest BCUT2D eigenvalue weighted by atomic mass is 32.3. The van der Waals surface area contributed by atoms with Crippen LogP contribution in [0.15, 0.2) is 0 Å². The molecule has 3 saturated carbocycles. The topological polar surface area (TPSA) is 43.4 Å². The molecule has 1 spiro atoms. The molecule has 0 aromatic carbocycles. The average molecular weight is 270 g/mol. The predicted octanol–water partition coefficient (Wildman–Crippen LogP) is 1.84. The number of Topliss-reactive ketones (excluding diaryl/α,β-unsaturated/α-hetero) is 1. The summed E-state index contributed by atoms with van der Waals surface area (Å²) in [5.41, 5.74) is 0.0722. The monoisotopic (exact) mass is 270 g/mol. The molecular weight excluding hydrogens is 248 g/mol. The molecule has 0 heterocycles. The van der Waals surface area contributed by atoms with Crippen LogP contribution in [0.25, 0.3) is 0 Å². The number of hydrogen-bond acceptors (Lipinski definition) is 3. The summed E-state index contributed by atoms with van der Waals surface area (Å²) in [7, 11) is -0.611. The molecule has 0 amide bonds. The van der Waals surface area contributed by atoms with E-state index in [0.717, 1.165) is 25.0 Å². The first-order valence-corrected chi connectivity index (χ1v) is 9.74. The molecule has 3 aliphatic carbocycles. The SMILES string of the molecule is CS(C)(C)CCOC(=O)C1C2C(=O)CC3CCC321. The molecule has 4 unspecified atom stereocenters. The van der Waals surface area contributed by atoms with Gasteiger partial charge in [-0.1, -0.05) is 0 Å². The van der Waals surface area contributed by atoms with E-state index in [0.29, 0.717) is 18.3 Å². The van der Waals surface area contributed by atoms with Crippen LogP contribution in [0.1, 0.15) is 19.3 Å². The summed E-state index contributed by atoms with van der Waals surface area (Å²) in [6.45, 7) is 0.524. The van der Waals surface area contributed by atoms with E-state index in [-0.39, 0.29) is 23.2 Å². The van der Waals surface area contributed by atoms with Crippen molar-refractivity contribution in [3.05, 3.63) is 0 Å². The standard InChI is InChI=1S/C14H22O3S/c1-18(2,3)7-6-17-13(16)12-11-10(15)8-9-4-5-14(9,11)12/h9,11-12H,4-8H2,1-3H3. The molecule has 0 N–H and O–H groups in total. The van der Waals surface area contributed by atoms with Crippen LogP contribution < -0.4 is 0 Å². The van der Waals surface area contributed by atoms with E-state index in [1.165, 1.54) is 0 Å². The zero-order chi connectivity index (χ0) is 13.1. The zero-order valence-electron chi connectivity index (χ0n) is 11.4. The van der Waals surface area contributed by atoms with Crippen molar-refractivity contribution in [2.24, 2.45) is 23.2 Å². The first-order valence-electron chi connectivity index (χ1n) is 6.71. The lowest BCUT2D eigenvalue weighted by molar-refractivity contribution is -0.148. The number of rotatable bonds is 4. The van der Waals surface area contributed by atoms with Gasteiger partial charge in [0, 0.05) is 18.1 Å². The Hall–Kier alpha value is -0.510. The quantitative estimate of drug-likeness (QED) is 0.732. The van der Waals surface area contributed by atoms with Crippen LogP contribution in [0, 0.1) is 23.2 Å². The van der Waals surface area contributed by atoms with Crippen LogP contribution in [0.3, 0.4) is 0 Å². The molecule has 3 fully saturated rings. The minimum atomic E-state index is -0.611. The first kappa shape index (κ1) is 12.5. The molecule has 3 rings (SSSR count). The second-order valence-electron chi connectivity index (χ2n) is 6.94. The smallest absolute Gasteiger partial charge is 0.310 e. The molecule has 4 heteroatoms.